The Labute approximate surface area is 98.1 Å². The van der Waals surface area contributed by atoms with Gasteiger partial charge in [0.1, 0.15) is 12.1 Å². The summed E-state index contributed by atoms with van der Waals surface area (Å²) >= 11 is 0. The molecule has 0 saturated carbocycles. The van der Waals surface area contributed by atoms with E-state index < -0.39 is 24.3 Å². The number of aliphatic carboxylic acids is 1. The van der Waals surface area contributed by atoms with Crippen molar-refractivity contribution in [1.29, 1.82) is 0 Å². The molecule has 17 heavy (non-hydrogen) atoms. The molecule has 0 aromatic rings. The van der Waals surface area contributed by atoms with Gasteiger partial charge in [-0.2, -0.15) is 13.2 Å². The molecule has 0 spiro atoms. The highest BCUT2D eigenvalue weighted by Crippen LogP contribution is 2.16. The van der Waals surface area contributed by atoms with Crippen molar-refractivity contribution >= 4 is 5.97 Å². The maximum atomic E-state index is 11.8. The Bertz CT molecular complexity index is 256. The standard InChI is InChI=1S/C10H18F3NO3/c1-7(2)14-9(3,8(15)16)4-5-17-6-10(11,12)13/h7,14H,4-6H2,1-3H3,(H,15,16). The number of carboxylic acids is 1. The number of rotatable bonds is 7. The summed E-state index contributed by atoms with van der Waals surface area (Å²) in [6.07, 6.45) is -4.41. The zero-order chi connectivity index (χ0) is 13.7. The molecule has 4 nitrogen and oxygen atoms in total. The van der Waals surface area contributed by atoms with Crippen molar-refractivity contribution < 1.29 is 27.8 Å². The van der Waals surface area contributed by atoms with Crippen LogP contribution in [0.4, 0.5) is 13.2 Å². The van der Waals surface area contributed by atoms with Crippen LogP contribution in [-0.2, 0) is 9.53 Å². The minimum atomic E-state index is -4.38. The van der Waals surface area contributed by atoms with Gasteiger partial charge in [0.25, 0.3) is 0 Å². The zero-order valence-electron chi connectivity index (χ0n) is 10.1. The van der Waals surface area contributed by atoms with Crippen LogP contribution >= 0.6 is 0 Å². The first kappa shape index (κ1) is 16.2. The van der Waals surface area contributed by atoms with Gasteiger partial charge in [0, 0.05) is 12.6 Å². The third-order valence-corrected chi connectivity index (χ3v) is 2.09. The Morgan fingerprint density at radius 2 is 1.94 bits per heavy atom. The molecule has 0 heterocycles. The van der Waals surface area contributed by atoms with Crippen LogP contribution < -0.4 is 5.32 Å². The molecule has 2 N–H and O–H groups in total. The van der Waals surface area contributed by atoms with Crippen LogP contribution in [0.3, 0.4) is 0 Å². The average Bonchev–Trinajstić information content (AvgIpc) is 2.09. The van der Waals surface area contributed by atoms with Crippen LogP contribution in [0.1, 0.15) is 27.2 Å². The van der Waals surface area contributed by atoms with Crippen LogP contribution in [0.25, 0.3) is 0 Å². The molecule has 102 valence electrons. The van der Waals surface area contributed by atoms with Gasteiger partial charge in [-0.25, -0.2) is 0 Å². The van der Waals surface area contributed by atoms with Gasteiger partial charge >= 0.3 is 12.1 Å². The number of hydrogen-bond acceptors (Lipinski definition) is 3. The first-order valence-corrected chi connectivity index (χ1v) is 5.22. The summed E-state index contributed by atoms with van der Waals surface area (Å²) in [4.78, 5) is 11.0. The van der Waals surface area contributed by atoms with E-state index in [9.17, 15) is 18.0 Å². The number of alkyl halides is 3. The van der Waals surface area contributed by atoms with Crippen LogP contribution in [0.15, 0.2) is 0 Å². The molecular formula is C10H18F3NO3. The third kappa shape index (κ3) is 7.17. The Morgan fingerprint density at radius 1 is 1.41 bits per heavy atom. The van der Waals surface area contributed by atoms with E-state index >= 15 is 0 Å². The lowest BCUT2D eigenvalue weighted by atomic mass is 9.97. The topological polar surface area (TPSA) is 58.6 Å². The molecule has 0 bridgehead atoms. The molecule has 0 aliphatic heterocycles. The van der Waals surface area contributed by atoms with Crippen molar-refractivity contribution in [3.63, 3.8) is 0 Å². The van der Waals surface area contributed by atoms with Crippen molar-refractivity contribution in [2.24, 2.45) is 0 Å². The van der Waals surface area contributed by atoms with Gasteiger partial charge in [-0.15, -0.1) is 0 Å². The molecule has 0 aromatic carbocycles. The minimum Gasteiger partial charge on any atom is -0.480 e. The highest BCUT2D eigenvalue weighted by Gasteiger charge is 2.34. The molecule has 0 fully saturated rings. The summed E-state index contributed by atoms with van der Waals surface area (Å²) in [6.45, 7) is 3.33. The van der Waals surface area contributed by atoms with Gasteiger partial charge in [0.2, 0.25) is 0 Å². The van der Waals surface area contributed by atoms with Crippen LogP contribution in [0.2, 0.25) is 0 Å². The van der Waals surface area contributed by atoms with Crippen molar-refractivity contribution in [2.45, 2.75) is 44.9 Å². The molecule has 1 unspecified atom stereocenters. The monoisotopic (exact) mass is 257 g/mol. The maximum Gasteiger partial charge on any atom is 0.411 e. The molecule has 0 aromatic heterocycles. The summed E-state index contributed by atoms with van der Waals surface area (Å²) in [5.74, 6) is -1.11. The van der Waals surface area contributed by atoms with Crippen LogP contribution in [0, 0.1) is 0 Å². The number of halogens is 3. The normalized spacial score (nSPS) is 15.9. The Kier molecular flexibility index (Phi) is 5.91. The van der Waals surface area contributed by atoms with Gasteiger partial charge in [-0.3, -0.25) is 10.1 Å². The minimum absolute atomic E-state index is 0.0312. The smallest absolute Gasteiger partial charge is 0.411 e. The van der Waals surface area contributed by atoms with E-state index in [1.807, 2.05) is 0 Å². The molecular weight excluding hydrogens is 239 g/mol. The van der Waals surface area contributed by atoms with Gasteiger partial charge in [0.15, 0.2) is 0 Å². The Balaban J connectivity index is 4.15. The predicted octanol–water partition coefficient (Wildman–Crippen LogP) is 1.80. The molecule has 0 saturated heterocycles. The molecule has 1 atom stereocenters. The van der Waals surface area contributed by atoms with E-state index in [4.69, 9.17) is 5.11 Å². The first-order chi connectivity index (χ1) is 7.57. The lowest BCUT2D eigenvalue weighted by Gasteiger charge is -2.28. The summed E-state index contributed by atoms with van der Waals surface area (Å²) in [5.41, 5.74) is -1.28. The van der Waals surface area contributed by atoms with Gasteiger partial charge < -0.3 is 9.84 Å². The summed E-state index contributed by atoms with van der Waals surface area (Å²) in [6, 6.07) is -0.0845. The van der Waals surface area contributed by atoms with Crippen molar-refractivity contribution in [1.82, 2.24) is 5.32 Å². The number of carbonyl (C=O) groups is 1. The second-order valence-corrected chi connectivity index (χ2v) is 4.35. The largest absolute Gasteiger partial charge is 0.480 e. The highest BCUT2D eigenvalue weighted by atomic mass is 19.4. The van der Waals surface area contributed by atoms with E-state index in [1.165, 1.54) is 6.92 Å². The van der Waals surface area contributed by atoms with Gasteiger partial charge in [0.05, 0.1) is 0 Å². The van der Waals surface area contributed by atoms with E-state index in [1.54, 1.807) is 13.8 Å². The molecule has 0 amide bonds. The second kappa shape index (κ2) is 6.20. The maximum absolute atomic E-state index is 11.8. The molecule has 0 rings (SSSR count). The number of ether oxygens (including phenoxy) is 1. The first-order valence-electron chi connectivity index (χ1n) is 5.22. The van der Waals surface area contributed by atoms with E-state index in [0.29, 0.717) is 0 Å². The fourth-order valence-electron chi connectivity index (χ4n) is 1.34. The molecule has 0 aliphatic rings. The van der Waals surface area contributed by atoms with E-state index in [0.717, 1.165) is 0 Å². The SMILES string of the molecule is CC(C)NC(C)(CCOCC(F)(F)F)C(=O)O. The Hall–Kier alpha value is -0.820. The number of hydrogen-bond donors (Lipinski definition) is 2. The molecule has 0 aliphatic carbocycles. The van der Waals surface area contributed by atoms with Crippen molar-refractivity contribution in [3.05, 3.63) is 0 Å². The zero-order valence-corrected chi connectivity index (χ0v) is 10.1. The third-order valence-electron chi connectivity index (χ3n) is 2.09. The lowest BCUT2D eigenvalue weighted by molar-refractivity contribution is -0.175. The van der Waals surface area contributed by atoms with Gasteiger partial charge in [-0.05, 0) is 27.2 Å². The van der Waals surface area contributed by atoms with E-state index in [2.05, 4.69) is 10.1 Å². The Morgan fingerprint density at radius 3 is 2.29 bits per heavy atom. The van der Waals surface area contributed by atoms with Crippen LogP contribution in [0.5, 0.6) is 0 Å². The van der Waals surface area contributed by atoms with Crippen molar-refractivity contribution in [2.75, 3.05) is 13.2 Å². The fourth-order valence-corrected chi connectivity index (χ4v) is 1.34. The quantitative estimate of drug-likeness (QED) is 0.683. The summed E-state index contributed by atoms with van der Waals surface area (Å²) < 4.78 is 39.8. The summed E-state index contributed by atoms with van der Waals surface area (Å²) in [5, 5.41) is 11.8. The average molecular weight is 257 g/mol. The van der Waals surface area contributed by atoms with E-state index in [-0.39, 0.29) is 19.1 Å². The van der Waals surface area contributed by atoms with Crippen LogP contribution in [-0.4, -0.2) is 42.0 Å². The fraction of sp³-hybridized carbons (Fsp3) is 0.900. The molecule has 0 radical (unpaired) electrons. The molecule has 7 heteroatoms. The van der Waals surface area contributed by atoms with Gasteiger partial charge in [-0.1, -0.05) is 0 Å². The second-order valence-electron chi connectivity index (χ2n) is 4.35. The van der Waals surface area contributed by atoms with Crippen molar-refractivity contribution in [3.8, 4) is 0 Å². The lowest BCUT2D eigenvalue weighted by Crippen LogP contribution is -2.53. The number of nitrogens with one attached hydrogen (secondary N) is 1. The summed E-state index contributed by atoms with van der Waals surface area (Å²) in [7, 11) is 0. The highest BCUT2D eigenvalue weighted by molar-refractivity contribution is 5.78. The predicted molar refractivity (Wildman–Crippen MR) is 55.8 cm³/mol. The number of carboxylic acid groups (broad SMARTS) is 1.